The van der Waals surface area contributed by atoms with Crippen molar-refractivity contribution in [3.8, 4) is 0 Å². The molecule has 1 unspecified atom stereocenters. The maximum Gasteiger partial charge on any atom is 0.123 e. The van der Waals surface area contributed by atoms with Crippen LogP contribution in [0.3, 0.4) is 0 Å². The second kappa shape index (κ2) is 6.16. The summed E-state index contributed by atoms with van der Waals surface area (Å²) >= 11 is 0. The summed E-state index contributed by atoms with van der Waals surface area (Å²) in [5.41, 5.74) is 8.61. The fraction of sp³-hybridized carbons (Fsp3) is 0.294. The van der Waals surface area contributed by atoms with E-state index in [1.54, 1.807) is 6.07 Å². The Kier molecular flexibility index (Phi) is 4.53. The molecular weight excluding hydrogens is 251 g/mol. The summed E-state index contributed by atoms with van der Waals surface area (Å²) in [6.45, 7) is 6.12. The molecule has 0 spiro atoms. The molecule has 2 aromatic rings. The largest absolute Gasteiger partial charge is 0.271 e. The van der Waals surface area contributed by atoms with Crippen LogP contribution in [-0.4, -0.2) is 0 Å². The predicted molar refractivity (Wildman–Crippen MR) is 80.8 cm³/mol. The zero-order valence-corrected chi connectivity index (χ0v) is 12.2. The van der Waals surface area contributed by atoms with Crippen molar-refractivity contribution in [3.05, 3.63) is 70.0 Å². The fourth-order valence-corrected chi connectivity index (χ4v) is 2.66. The monoisotopic (exact) mass is 272 g/mol. The molecule has 0 aliphatic heterocycles. The summed E-state index contributed by atoms with van der Waals surface area (Å²) in [6, 6.07) is 11.1. The van der Waals surface area contributed by atoms with Crippen LogP contribution in [0.2, 0.25) is 0 Å². The highest BCUT2D eigenvalue weighted by atomic mass is 19.1. The minimum Gasteiger partial charge on any atom is -0.271 e. The van der Waals surface area contributed by atoms with E-state index in [0.717, 1.165) is 17.5 Å². The lowest BCUT2D eigenvalue weighted by Crippen LogP contribution is -2.30. The summed E-state index contributed by atoms with van der Waals surface area (Å²) in [6.07, 6.45) is 0.793. The van der Waals surface area contributed by atoms with E-state index in [-0.39, 0.29) is 11.9 Å². The molecule has 1 atom stereocenters. The molecule has 106 valence electrons. The van der Waals surface area contributed by atoms with Crippen molar-refractivity contribution in [2.45, 2.75) is 33.2 Å². The van der Waals surface area contributed by atoms with Gasteiger partial charge in [0.2, 0.25) is 0 Å². The first-order valence-corrected chi connectivity index (χ1v) is 6.80. The molecule has 0 aliphatic carbocycles. The number of benzene rings is 2. The Labute approximate surface area is 119 Å². The van der Waals surface area contributed by atoms with E-state index in [0.29, 0.717) is 0 Å². The van der Waals surface area contributed by atoms with Gasteiger partial charge in [0, 0.05) is 0 Å². The lowest BCUT2D eigenvalue weighted by atomic mass is 9.91. The van der Waals surface area contributed by atoms with Crippen molar-refractivity contribution in [3.63, 3.8) is 0 Å². The molecule has 0 saturated heterocycles. The zero-order valence-electron chi connectivity index (χ0n) is 12.2. The van der Waals surface area contributed by atoms with E-state index in [9.17, 15) is 4.39 Å². The summed E-state index contributed by atoms with van der Waals surface area (Å²) < 4.78 is 13.2. The van der Waals surface area contributed by atoms with Gasteiger partial charge in [-0.2, -0.15) is 0 Å². The highest BCUT2D eigenvalue weighted by molar-refractivity contribution is 5.37. The minimum absolute atomic E-state index is 0.0181. The van der Waals surface area contributed by atoms with Gasteiger partial charge in [0.05, 0.1) is 6.04 Å². The second-order valence-electron chi connectivity index (χ2n) is 5.29. The van der Waals surface area contributed by atoms with Gasteiger partial charge < -0.3 is 0 Å². The van der Waals surface area contributed by atoms with Crippen LogP contribution in [-0.2, 0) is 6.42 Å². The third kappa shape index (κ3) is 3.06. The normalized spacial score (nSPS) is 12.4. The first kappa shape index (κ1) is 14.7. The standard InChI is InChI=1S/C17H21FN2/c1-11-5-4-6-12(2)16(11)10-17(20-19)15-8-7-14(18)9-13(15)3/h4-9,17,20H,10,19H2,1-3H3. The molecule has 0 fully saturated rings. The van der Waals surface area contributed by atoms with Crippen molar-refractivity contribution >= 4 is 0 Å². The van der Waals surface area contributed by atoms with Crippen LogP contribution in [0, 0.1) is 26.6 Å². The molecule has 0 radical (unpaired) electrons. The highest BCUT2D eigenvalue weighted by Crippen LogP contribution is 2.25. The van der Waals surface area contributed by atoms with Crippen molar-refractivity contribution in [1.82, 2.24) is 5.43 Å². The smallest absolute Gasteiger partial charge is 0.123 e. The van der Waals surface area contributed by atoms with Gasteiger partial charge in [-0.25, -0.2) is 4.39 Å². The number of nitrogens with one attached hydrogen (secondary N) is 1. The van der Waals surface area contributed by atoms with Crippen LogP contribution < -0.4 is 11.3 Å². The lowest BCUT2D eigenvalue weighted by molar-refractivity contribution is 0.544. The molecule has 2 nitrogen and oxygen atoms in total. The number of hydrogen-bond donors (Lipinski definition) is 2. The molecule has 2 rings (SSSR count). The summed E-state index contributed by atoms with van der Waals surface area (Å²) in [5.74, 6) is 5.50. The molecule has 3 N–H and O–H groups in total. The van der Waals surface area contributed by atoms with Crippen LogP contribution in [0.1, 0.15) is 33.9 Å². The first-order valence-electron chi connectivity index (χ1n) is 6.80. The van der Waals surface area contributed by atoms with Crippen molar-refractivity contribution in [1.29, 1.82) is 0 Å². The Morgan fingerprint density at radius 3 is 2.25 bits per heavy atom. The van der Waals surface area contributed by atoms with Gasteiger partial charge in [-0.1, -0.05) is 24.3 Å². The fourth-order valence-electron chi connectivity index (χ4n) is 2.66. The maximum absolute atomic E-state index is 13.2. The van der Waals surface area contributed by atoms with E-state index in [1.807, 2.05) is 13.0 Å². The molecule has 0 aromatic heterocycles. The zero-order chi connectivity index (χ0) is 14.7. The average molecular weight is 272 g/mol. The summed E-state index contributed by atoms with van der Waals surface area (Å²) in [5, 5.41) is 0. The van der Waals surface area contributed by atoms with Crippen molar-refractivity contribution < 1.29 is 4.39 Å². The van der Waals surface area contributed by atoms with Gasteiger partial charge in [-0.3, -0.25) is 11.3 Å². The van der Waals surface area contributed by atoms with Crippen LogP contribution in [0.5, 0.6) is 0 Å². The topological polar surface area (TPSA) is 38.0 Å². The number of rotatable bonds is 4. The summed E-state index contributed by atoms with van der Waals surface area (Å²) in [4.78, 5) is 0. The van der Waals surface area contributed by atoms with Gasteiger partial charge in [-0.15, -0.1) is 0 Å². The predicted octanol–water partition coefficient (Wildman–Crippen LogP) is 3.50. The van der Waals surface area contributed by atoms with Gasteiger partial charge in [0.25, 0.3) is 0 Å². The van der Waals surface area contributed by atoms with Crippen LogP contribution in [0.15, 0.2) is 36.4 Å². The number of nitrogens with two attached hydrogens (primary N) is 1. The van der Waals surface area contributed by atoms with Crippen LogP contribution in [0.4, 0.5) is 4.39 Å². The molecule has 0 heterocycles. The third-order valence-electron chi connectivity index (χ3n) is 3.86. The average Bonchev–Trinajstić information content (AvgIpc) is 2.40. The van der Waals surface area contributed by atoms with E-state index in [2.05, 4.69) is 37.5 Å². The maximum atomic E-state index is 13.2. The lowest BCUT2D eigenvalue weighted by Gasteiger charge is -2.21. The van der Waals surface area contributed by atoms with Gasteiger partial charge in [-0.05, 0) is 67.1 Å². The number of hydrogen-bond acceptors (Lipinski definition) is 2. The SMILES string of the molecule is Cc1cc(F)ccc1C(Cc1c(C)cccc1C)NN. The Hall–Kier alpha value is -1.71. The van der Waals surface area contributed by atoms with Gasteiger partial charge in [0.15, 0.2) is 0 Å². The highest BCUT2D eigenvalue weighted by Gasteiger charge is 2.15. The molecule has 0 aliphatic rings. The van der Waals surface area contributed by atoms with Gasteiger partial charge in [0.1, 0.15) is 5.82 Å². The molecule has 0 saturated carbocycles. The molecule has 0 amide bonds. The number of halogens is 1. The molecule has 20 heavy (non-hydrogen) atoms. The van der Waals surface area contributed by atoms with E-state index in [4.69, 9.17) is 5.84 Å². The third-order valence-corrected chi connectivity index (χ3v) is 3.86. The summed E-state index contributed by atoms with van der Waals surface area (Å²) in [7, 11) is 0. The first-order chi connectivity index (χ1) is 9.52. The Balaban J connectivity index is 2.34. The van der Waals surface area contributed by atoms with Gasteiger partial charge >= 0.3 is 0 Å². The minimum atomic E-state index is -0.214. The van der Waals surface area contributed by atoms with E-state index in [1.165, 1.54) is 22.8 Å². The van der Waals surface area contributed by atoms with Crippen LogP contribution in [0.25, 0.3) is 0 Å². The molecular formula is C17H21FN2. The number of aryl methyl sites for hydroxylation is 3. The Morgan fingerprint density at radius 1 is 1.05 bits per heavy atom. The molecule has 2 aromatic carbocycles. The molecule has 3 heteroatoms. The molecule has 0 bridgehead atoms. The Bertz CT molecular complexity index is 588. The number of hydrazine groups is 1. The van der Waals surface area contributed by atoms with Crippen LogP contribution >= 0.6 is 0 Å². The van der Waals surface area contributed by atoms with E-state index < -0.39 is 0 Å². The Morgan fingerprint density at radius 2 is 1.70 bits per heavy atom. The van der Waals surface area contributed by atoms with Crippen molar-refractivity contribution in [2.24, 2.45) is 5.84 Å². The quantitative estimate of drug-likeness (QED) is 0.660. The van der Waals surface area contributed by atoms with E-state index >= 15 is 0 Å². The van der Waals surface area contributed by atoms with Crippen molar-refractivity contribution in [2.75, 3.05) is 0 Å². The second-order valence-corrected chi connectivity index (χ2v) is 5.29.